The summed E-state index contributed by atoms with van der Waals surface area (Å²) < 4.78 is 11.7. The number of hydrogen-bond acceptors (Lipinski definition) is 4. The fraction of sp³-hybridized carbons (Fsp3) is 0.208. The third-order valence-electron chi connectivity index (χ3n) is 4.50. The lowest BCUT2D eigenvalue weighted by Crippen LogP contribution is -2.11. The molecule has 150 valence electrons. The van der Waals surface area contributed by atoms with Crippen molar-refractivity contribution in [3.05, 3.63) is 101 Å². The minimum Gasteiger partial charge on any atom is -0.489 e. The molecule has 0 aromatic heterocycles. The zero-order valence-corrected chi connectivity index (χ0v) is 16.0. The SMILES string of the molecule is O=C(O)C(O)c1ccc(OCc2ccccc2)c(CCOCc2ccccc2)c1. The number of aliphatic hydroxyl groups is 1. The van der Waals surface area contributed by atoms with Crippen LogP contribution in [0.5, 0.6) is 5.75 Å². The molecule has 5 heteroatoms. The number of ether oxygens (including phenoxy) is 2. The Hall–Kier alpha value is -3.15. The van der Waals surface area contributed by atoms with Crippen molar-refractivity contribution in [1.29, 1.82) is 0 Å². The van der Waals surface area contributed by atoms with Crippen LogP contribution >= 0.6 is 0 Å². The van der Waals surface area contributed by atoms with E-state index in [2.05, 4.69) is 0 Å². The maximum Gasteiger partial charge on any atom is 0.337 e. The highest BCUT2D eigenvalue weighted by Crippen LogP contribution is 2.25. The molecule has 0 radical (unpaired) electrons. The summed E-state index contributed by atoms with van der Waals surface area (Å²) in [7, 11) is 0. The van der Waals surface area contributed by atoms with Crippen LogP contribution in [0, 0.1) is 0 Å². The lowest BCUT2D eigenvalue weighted by atomic mass is 10.0. The van der Waals surface area contributed by atoms with Gasteiger partial charge in [-0.2, -0.15) is 0 Å². The summed E-state index contributed by atoms with van der Waals surface area (Å²) in [5.41, 5.74) is 3.24. The van der Waals surface area contributed by atoms with Gasteiger partial charge in [-0.25, -0.2) is 4.79 Å². The summed E-state index contributed by atoms with van der Waals surface area (Å²) in [6.45, 7) is 1.35. The highest BCUT2D eigenvalue weighted by Gasteiger charge is 2.18. The van der Waals surface area contributed by atoms with E-state index in [1.807, 2.05) is 60.7 Å². The topological polar surface area (TPSA) is 76.0 Å². The van der Waals surface area contributed by atoms with E-state index >= 15 is 0 Å². The molecule has 2 N–H and O–H groups in total. The maximum absolute atomic E-state index is 11.1. The highest BCUT2D eigenvalue weighted by molar-refractivity contribution is 5.74. The van der Waals surface area contributed by atoms with Crippen molar-refractivity contribution >= 4 is 5.97 Å². The Morgan fingerprint density at radius 1 is 0.862 bits per heavy atom. The largest absolute Gasteiger partial charge is 0.489 e. The maximum atomic E-state index is 11.1. The van der Waals surface area contributed by atoms with Crippen LogP contribution in [0.25, 0.3) is 0 Å². The van der Waals surface area contributed by atoms with Crippen molar-refractivity contribution in [3.8, 4) is 5.75 Å². The van der Waals surface area contributed by atoms with E-state index in [-0.39, 0.29) is 0 Å². The quantitative estimate of drug-likeness (QED) is 0.507. The average Bonchev–Trinajstić information content (AvgIpc) is 2.76. The Bertz CT molecular complexity index is 909. The number of carbonyl (C=O) groups is 1. The van der Waals surface area contributed by atoms with Crippen molar-refractivity contribution in [2.24, 2.45) is 0 Å². The van der Waals surface area contributed by atoms with E-state index < -0.39 is 12.1 Å². The normalized spacial score (nSPS) is 11.8. The van der Waals surface area contributed by atoms with Crippen LogP contribution < -0.4 is 4.74 Å². The average molecular weight is 392 g/mol. The van der Waals surface area contributed by atoms with Gasteiger partial charge in [0.25, 0.3) is 0 Å². The summed E-state index contributed by atoms with van der Waals surface area (Å²) in [6, 6.07) is 24.6. The summed E-state index contributed by atoms with van der Waals surface area (Å²) >= 11 is 0. The van der Waals surface area contributed by atoms with Gasteiger partial charge in [0.2, 0.25) is 0 Å². The molecule has 0 saturated carbocycles. The Labute approximate surface area is 170 Å². The molecule has 0 spiro atoms. The molecule has 1 atom stereocenters. The number of carboxylic acid groups (broad SMARTS) is 1. The smallest absolute Gasteiger partial charge is 0.337 e. The fourth-order valence-corrected chi connectivity index (χ4v) is 2.93. The first kappa shape index (κ1) is 20.6. The van der Waals surface area contributed by atoms with Gasteiger partial charge in [0, 0.05) is 0 Å². The second kappa shape index (κ2) is 10.4. The number of benzene rings is 3. The van der Waals surface area contributed by atoms with Crippen molar-refractivity contribution in [2.45, 2.75) is 25.7 Å². The fourth-order valence-electron chi connectivity index (χ4n) is 2.93. The molecule has 3 rings (SSSR count). The molecule has 0 bridgehead atoms. The number of hydrogen-bond donors (Lipinski definition) is 2. The second-order valence-corrected chi connectivity index (χ2v) is 6.67. The molecule has 0 aliphatic heterocycles. The van der Waals surface area contributed by atoms with Crippen LogP contribution in [0.15, 0.2) is 78.9 Å². The van der Waals surface area contributed by atoms with Gasteiger partial charge in [-0.1, -0.05) is 66.7 Å². The lowest BCUT2D eigenvalue weighted by Gasteiger charge is -2.15. The van der Waals surface area contributed by atoms with E-state index in [4.69, 9.17) is 14.6 Å². The third-order valence-corrected chi connectivity index (χ3v) is 4.50. The lowest BCUT2D eigenvalue weighted by molar-refractivity contribution is -0.146. The molecule has 1 unspecified atom stereocenters. The Kier molecular flexibility index (Phi) is 7.39. The predicted octanol–water partition coefficient (Wildman–Crippen LogP) is 4.14. The Morgan fingerprint density at radius 3 is 2.10 bits per heavy atom. The number of aliphatic carboxylic acids is 1. The molecule has 3 aromatic carbocycles. The minimum absolute atomic E-state index is 0.322. The standard InChI is InChI=1S/C24H24O5/c25-23(24(26)27)21-11-12-22(29-17-19-9-5-2-6-10-19)20(15-21)13-14-28-16-18-7-3-1-4-8-18/h1-12,15,23,25H,13-14,16-17H2,(H,26,27). The van der Waals surface area contributed by atoms with Gasteiger partial charge in [-0.3, -0.25) is 0 Å². The van der Waals surface area contributed by atoms with E-state index in [0.29, 0.717) is 37.6 Å². The van der Waals surface area contributed by atoms with Crippen molar-refractivity contribution in [1.82, 2.24) is 0 Å². The molecule has 0 fully saturated rings. The molecule has 5 nitrogen and oxygen atoms in total. The molecule has 0 aliphatic carbocycles. The van der Waals surface area contributed by atoms with Crippen molar-refractivity contribution in [2.75, 3.05) is 6.61 Å². The molecular formula is C24H24O5. The number of rotatable bonds is 10. The Balaban J connectivity index is 1.67. The van der Waals surface area contributed by atoms with Gasteiger partial charge < -0.3 is 19.7 Å². The molecule has 0 amide bonds. The van der Waals surface area contributed by atoms with Gasteiger partial charge in [0.05, 0.1) is 13.2 Å². The summed E-state index contributed by atoms with van der Waals surface area (Å²) in [5.74, 6) is -0.632. The summed E-state index contributed by atoms with van der Waals surface area (Å²) in [6.07, 6.45) is -1.03. The first-order valence-corrected chi connectivity index (χ1v) is 9.45. The van der Waals surface area contributed by atoms with E-state index in [1.54, 1.807) is 18.2 Å². The molecule has 0 aliphatic rings. The third kappa shape index (κ3) is 6.17. The molecule has 0 saturated heterocycles. The van der Waals surface area contributed by atoms with Crippen molar-refractivity contribution < 1.29 is 24.5 Å². The predicted molar refractivity (Wildman–Crippen MR) is 110 cm³/mol. The zero-order chi connectivity index (χ0) is 20.5. The monoisotopic (exact) mass is 392 g/mol. The zero-order valence-electron chi connectivity index (χ0n) is 16.0. The van der Waals surface area contributed by atoms with Gasteiger partial charge in [-0.05, 0) is 40.8 Å². The van der Waals surface area contributed by atoms with Crippen LogP contribution in [0.2, 0.25) is 0 Å². The van der Waals surface area contributed by atoms with E-state index in [1.165, 1.54) is 0 Å². The van der Waals surface area contributed by atoms with Gasteiger partial charge >= 0.3 is 5.97 Å². The van der Waals surface area contributed by atoms with Gasteiger partial charge in [-0.15, -0.1) is 0 Å². The highest BCUT2D eigenvalue weighted by atomic mass is 16.5. The first-order chi connectivity index (χ1) is 14.1. The molecule has 0 heterocycles. The summed E-state index contributed by atoms with van der Waals surface area (Å²) in [4.78, 5) is 11.1. The van der Waals surface area contributed by atoms with Crippen molar-refractivity contribution in [3.63, 3.8) is 0 Å². The van der Waals surface area contributed by atoms with Crippen LogP contribution in [0.3, 0.4) is 0 Å². The number of carboxylic acids is 1. The second-order valence-electron chi connectivity index (χ2n) is 6.67. The molecular weight excluding hydrogens is 368 g/mol. The number of aliphatic hydroxyl groups excluding tert-OH is 1. The van der Waals surface area contributed by atoms with Crippen LogP contribution in [0.1, 0.15) is 28.4 Å². The van der Waals surface area contributed by atoms with Gasteiger partial charge in [0.1, 0.15) is 12.4 Å². The van der Waals surface area contributed by atoms with Crippen LogP contribution in [-0.2, 0) is 29.2 Å². The first-order valence-electron chi connectivity index (χ1n) is 9.45. The van der Waals surface area contributed by atoms with E-state index in [0.717, 1.165) is 16.7 Å². The van der Waals surface area contributed by atoms with Crippen LogP contribution in [0.4, 0.5) is 0 Å². The molecule has 3 aromatic rings. The van der Waals surface area contributed by atoms with Gasteiger partial charge in [0.15, 0.2) is 6.10 Å². The summed E-state index contributed by atoms with van der Waals surface area (Å²) in [5, 5.41) is 19.0. The van der Waals surface area contributed by atoms with Crippen LogP contribution in [-0.4, -0.2) is 22.8 Å². The van der Waals surface area contributed by atoms with E-state index in [9.17, 15) is 9.90 Å². The molecule has 29 heavy (non-hydrogen) atoms. The minimum atomic E-state index is -1.57. The Morgan fingerprint density at radius 2 is 1.48 bits per heavy atom.